The molecule has 7 heteroatoms. The summed E-state index contributed by atoms with van der Waals surface area (Å²) in [6, 6.07) is 15.4. The fraction of sp³-hybridized carbons (Fsp3) is 0.192. The van der Waals surface area contributed by atoms with Crippen molar-refractivity contribution in [2.45, 2.75) is 19.4 Å². The Kier molecular flexibility index (Phi) is 6.49. The fourth-order valence-electron chi connectivity index (χ4n) is 3.93. The van der Waals surface area contributed by atoms with Gasteiger partial charge in [0.15, 0.2) is 0 Å². The molecule has 1 amide bonds. The number of benzene rings is 2. The average Bonchev–Trinajstić information content (AvgIpc) is 3.09. The van der Waals surface area contributed by atoms with E-state index in [1.54, 1.807) is 60.9 Å². The number of likely N-dealkylation sites (tertiary alicyclic amines) is 1. The Morgan fingerprint density at radius 2 is 1.82 bits per heavy atom. The summed E-state index contributed by atoms with van der Waals surface area (Å²) in [5.41, 5.74) is 1.86. The molecular weight excluding hydrogens is 423 g/mol. The summed E-state index contributed by atoms with van der Waals surface area (Å²) in [6.07, 6.45) is 3.60. The van der Waals surface area contributed by atoms with Gasteiger partial charge in [-0.25, -0.2) is 4.39 Å². The minimum atomic E-state index is -0.786. The number of nitrogens with zero attached hydrogens (tertiary/aromatic N) is 2. The van der Waals surface area contributed by atoms with Crippen LogP contribution in [0.3, 0.4) is 0 Å². The van der Waals surface area contributed by atoms with Gasteiger partial charge in [-0.15, -0.1) is 0 Å². The summed E-state index contributed by atoms with van der Waals surface area (Å²) in [6.45, 7) is 2.59. The van der Waals surface area contributed by atoms with Crippen LogP contribution in [0.25, 0.3) is 5.76 Å². The topological polar surface area (TPSA) is 79.7 Å². The first-order chi connectivity index (χ1) is 16.0. The van der Waals surface area contributed by atoms with Crippen molar-refractivity contribution in [3.63, 3.8) is 0 Å². The van der Waals surface area contributed by atoms with Crippen molar-refractivity contribution in [3.05, 3.63) is 101 Å². The van der Waals surface area contributed by atoms with Gasteiger partial charge in [-0.2, -0.15) is 0 Å². The maximum absolute atomic E-state index is 13.2. The smallest absolute Gasteiger partial charge is 0.295 e. The highest BCUT2D eigenvalue weighted by atomic mass is 19.1. The number of ketones is 1. The molecular formula is C26H23FN2O4. The van der Waals surface area contributed by atoms with Crippen molar-refractivity contribution in [3.8, 4) is 5.75 Å². The van der Waals surface area contributed by atoms with E-state index in [1.807, 2.05) is 6.92 Å². The number of carbonyl (C=O) groups is 2. The van der Waals surface area contributed by atoms with Crippen LogP contribution in [-0.2, 0) is 16.0 Å². The van der Waals surface area contributed by atoms with Crippen molar-refractivity contribution in [2.75, 3.05) is 13.2 Å². The molecule has 1 aromatic heterocycles. The lowest BCUT2D eigenvalue weighted by Crippen LogP contribution is -2.31. The van der Waals surface area contributed by atoms with Crippen LogP contribution in [-0.4, -0.2) is 39.8 Å². The van der Waals surface area contributed by atoms with E-state index in [9.17, 15) is 19.1 Å². The molecule has 1 N–H and O–H groups in total. The van der Waals surface area contributed by atoms with E-state index in [0.717, 1.165) is 5.56 Å². The average molecular weight is 446 g/mol. The lowest BCUT2D eigenvalue weighted by molar-refractivity contribution is -0.139. The van der Waals surface area contributed by atoms with E-state index in [1.165, 1.54) is 17.0 Å². The molecule has 2 aromatic carbocycles. The Balaban J connectivity index is 1.72. The molecule has 6 nitrogen and oxygen atoms in total. The summed E-state index contributed by atoms with van der Waals surface area (Å²) < 4.78 is 18.7. The molecule has 1 unspecified atom stereocenters. The zero-order chi connectivity index (χ0) is 23.4. The number of carbonyl (C=O) groups excluding carboxylic acids is 2. The number of aliphatic hydroxyl groups is 1. The Labute approximate surface area is 191 Å². The van der Waals surface area contributed by atoms with E-state index in [0.29, 0.717) is 29.9 Å². The second-order valence-corrected chi connectivity index (χ2v) is 7.61. The summed E-state index contributed by atoms with van der Waals surface area (Å²) in [5.74, 6) is -1.41. The summed E-state index contributed by atoms with van der Waals surface area (Å²) in [4.78, 5) is 31.6. The van der Waals surface area contributed by atoms with E-state index in [2.05, 4.69) is 4.98 Å². The molecule has 1 atom stereocenters. The van der Waals surface area contributed by atoms with Crippen molar-refractivity contribution < 1.29 is 23.8 Å². The first-order valence-corrected chi connectivity index (χ1v) is 10.7. The zero-order valence-electron chi connectivity index (χ0n) is 18.1. The van der Waals surface area contributed by atoms with Gasteiger partial charge in [-0.05, 0) is 66.9 Å². The molecule has 0 radical (unpaired) electrons. The third-order valence-electron chi connectivity index (χ3n) is 5.53. The molecule has 1 saturated heterocycles. The van der Waals surface area contributed by atoms with Gasteiger partial charge in [0, 0.05) is 24.5 Å². The number of aliphatic hydroxyl groups excluding tert-OH is 1. The molecule has 1 aliphatic heterocycles. The number of hydrogen-bond donors (Lipinski definition) is 1. The lowest BCUT2D eigenvalue weighted by Gasteiger charge is -2.25. The minimum Gasteiger partial charge on any atom is -0.507 e. The number of aromatic nitrogens is 1. The molecule has 0 spiro atoms. The van der Waals surface area contributed by atoms with Gasteiger partial charge in [-0.3, -0.25) is 14.6 Å². The van der Waals surface area contributed by atoms with E-state index < -0.39 is 17.7 Å². The van der Waals surface area contributed by atoms with Gasteiger partial charge in [0.2, 0.25) is 0 Å². The minimum absolute atomic E-state index is 0.0104. The predicted molar refractivity (Wildman–Crippen MR) is 121 cm³/mol. The largest absolute Gasteiger partial charge is 0.507 e. The molecule has 3 aromatic rings. The summed E-state index contributed by atoms with van der Waals surface area (Å²) >= 11 is 0. The van der Waals surface area contributed by atoms with Crippen LogP contribution in [0.15, 0.2) is 78.6 Å². The number of Topliss-reactive ketones (excluding diaryl/α,β-unsaturated/α-hetero) is 1. The lowest BCUT2D eigenvalue weighted by atomic mass is 9.96. The maximum Gasteiger partial charge on any atom is 0.295 e. The van der Waals surface area contributed by atoms with Gasteiger partial charge in [0.1, 0.15) is 17.3 Å². The summed E-state index contributed by atoms with van der Waals surface area (Å²) in [5, 5.41) is 11.1. The molecule has 2 heterocycles. The Morgan fingerprint density at radius 3 is 2.45 bits per heavy atom. The van der Waals surface area contributed by atoms with E-state index in [4.69, 9.17) is 4.74 Å². The molecule has 1 fully saturated rings. The van der Waals surface area contributed by atoms with Crippen LogP contribution in [0.2, 0.25) is 0 Å². The number of hydrogen-bond acceptors (Lipinski definition) is 5. The van der Waals surface area contributed by atoms with Gasteiger partial charge in [0.05, 0.1) is 18.2 Å². The molecule has 33 heavy (non-hydrogen) atoms. The van der Waals surface area contributed by atoms with Crippen molar-refractivity contribution >= 4 is 17.4 Å². The quantitative estimate of drug-likeness (QED) is 0.333. The van der Waals surface area contributed by atoms with Crippen LogP contribution in [0.5, 0.6) is 5.75 Å². The Morgan fingerprint density at radius 1 is 1.09 bits per heavy atom. The van der Waals surface area contributed by atoms with Crippen molar-refractivity contribution in [1.82, 2.24) is 9.88 Å². The predicted octanol–water partition coefficient (Wildman–Crippen LogP) is 4.28. The Bertz CT molecular complexity index is 1180. The number of halogens is 1. The molecule has 0 saturated carbocycles. The number of ether oxygens (including phenoxy) is 1. The first kappa shape index (κ1) is 22.2. The second kappa shape index (κ2) is 9.65. The van der Waals surface area contributed by atoms with Crippen molar-refractivity contribution in [1.29, 1.82) is 0 Å². The molecule has 1 aliphatic rings. The Hall–Kier alpha value is -4.00. The van der Waals surface area contributed by atoms with E-state index >= 15 is 0 Å². The van der Waals surface area contributed by atoms with Gasteiger partial charge >= 0.3 is 0 Å². The van der Waals surface area contributed by atoms with Gasteiger partial charge < -0.3 is 14.7 Å². The fourth-order valence-corrected chi connectivity index (χ4v) is 3.93. The van der Waals surface area contributed by atoms with Crippen LogP contribution in [0, 0.1) is 5.82 Å². The van der Waals surface area contributed by atoms with Crippen LogP contribution < -0.4 is 4.74 Å². The second-order valence-electron chi connectivity index (χ2n) is 7.61. The SMILES string of the molecule is CCOc1ccc(/C(O)=C2/C(=O)C(=O)N(CCc3ccc(F)cc3)C2c2cccnc2)cc1. The maximum atomic E-state index is 13.2. The molecule has 0 aliphatic carbocycles. The van der Waals surface area contributed by atoms with Crippen LogP contribution in [0.1, 0.15) is 29.7 Å². The molecule has 0 bridgehead atoms. The summed E-state index contributed by atoms with van der Waals surface area (Å²) in [7, 11) is 0. The normalized spacial score (nSPS) is 17.4. The highest BCUT2D eigenvalue weighted by Crippen LogP contribution is 2.39. The van der Waals surface area contributed by atoms with Gasteiger partial charge in [-0.1, -0.05) is 18.2 Å². The third kappa shape index (κ3) is 4.62. The highest BCUT2D eigenvalue weighted by molar-refractivity contribution is 6.46. The highest BCUT2D eigenvalue weighted by Gasteiger charge is 2.45. The number of rotatable bonds is 7. The standard InChI is InChI=1S/C26H23FN2O4/c1-2-33-21-11-7-18(8-12-21)24(30)22-23(19-4-3-14-28-16-19)29(26(32)25(22)31)15-13-17-5-9-20(27)10-6-17/h3-12,14,16,23,30H,2,13,15H2,1H3/b24-22-. The first-order valence-electron chi connectivity index (χ1n) is 10.7. The van der Waals surface area contributed by atoms with Crippen molar-refractivity contribution in [2.24, 2.45) is 0 Å². The monoisotopic (exact) mass is 446 g/mol. The number of amides is 1. The van der Waals surface area contributed by atoms with Crippen LogP contribution >= 0.6 is 0 Å². The molecule has 4 rings (SSSR count). The third-order valence-corrected chi connectivity index (χ3v) is 5.53. The van der Waals surface area contributed by atoms with E-state index in [-0.39, 0.29) is 23.7 Å². The molecule has 168 valence electrons. The van der Waals surface area contributed by atoms with Crippen LogP contribution in [0.4, 0.5) is 4.39 Å². The van der Waals surface area contributed by atoms with Gasteiger partial charge in [0.25, 0.3) is 11.7 Å². The number of pyridine rings is 1. The zero-order valence-corrected chi connectivity index (χ0v) is 18.1.